The maximum Gasteiger partial charge on any atom is 0.137 e. The first-order chi connectivity index (χ1) is 9.19. The van der Waals surface area contributed by atoms with Gasteiger partial charge in [0.2, 0.25) is 0 Å². The highest BCUT2D eigenvalue weighted by Gasteiger charge is 2.30. The van der Waals surface area contributed by atoms with Gasteiger partial charge in [0.05, 0.1) is 0 Å². The lowest BCUT2D eigenvalue weighted by Gasteiger charge is -2.21. The summed E-state index contributed by atoms with van der Waals surface area (Å²) in [6.07, 6.45) is 6.32. The summed E-state index contributed by atoms with van der Waals surface area (Å²) < 4.78 is 0. The van der Waals surface area contributed by atoms with Crippen LogP contribution in [0.1, 0.15) is 56.3 Å². The number of halogens is 1. The average molecular weight is 280 g/mol. The number of anilines is 1. The van der Waals surface area contributed by atoms with Crippen LogP contribution < -0.4 is 4.90 Å². The van der Waals surface area contributed by atoms with E-state index in [0.717, 1.165) is 36.2 Å². The first kappa shape index (κ1) is 13.2. The van der Waals surface area contributed by atoms with E-state index in [1.807, 2.05) is 6.92 Å². The lowest BCUT2D eigenvalue weighted by molar-refractivity contribution is 0.529. The number of aromatic nitrogens is 2. The van der Waals surface area contributed by atoms with Crippen LogP contribution in [0.3, 0.4) is 0 Å². The molecule has 104 valence electrons. The molecule has 1 aliphatic heterocycles. The Kier molecular flexibility index (Phi) is 3.66. The summed E-state index contributed by atoms with van der Waals surface area (Å²) in [4.78, 5) is 11.7. The molecule has 3 nitrogen and oxygen atoms in total. The number of rotatable bonds is 4. The highest BCUT2D eigenvalue weighted by Crippen LogP contribution is 2.40. The second-order valence-corrected chi connectivity index (χ2v) is 6.34. The van der Waals surface area contributed by atoms with Crippen molar-refractivity contribution in [2.75, 3.05) is 18.0 Å². The van der Waals surface area contributed by atoms with Crippen LogP contribution in [0.5, 0.6) is 0 Å². The van der Waals surface area contributed by atoms with Gasteiger partial charge in [0.1, 0.15) is 16.8 Å². The Hall–Kier alpha value is -0.830. The van der Waals surface area contributed by atoms with Crippen molar-refractivity contribution in [2.45, 2.75) is 51.9 Å². The van der Waals surface area contributed by atoms with Gasteiger partial charge in [0, 0.05) is 24.6 Å². The number of hydrogen-bond acceptors (Lipinski definition) is 3. The van der Waals surface area contributed by atoms with Crippen molar-refractivity contribution < 1.29 is 0 Å². The molecule has 2 heterocycles. The Bertz CT molecular complexity index is 471. The lowest BCUT2D eigenvalue weighted by atomic mass is 10.0. The van der Waals surface area contributed by atoms with Gasteiger partial charge in [-0.05, 0) is 38.5 Å². The third-order valence-electron chi connectivity index (χ3n) is 4.30. The molecule has 1 unspecified atom stereocenters. The fourth-order valence-corrected chi connectivity index (χ4v) is 3.17. The van der Waals surface area contributed by atoms with Crippen LogP contribution in [0.15, 0.2) is 0 Å². The van der Waals surface area contributed by atoms with Gasteiger partial charge in [-0.2, -0.15) is 0 Å². The fourth-order valence-electron chi connectivity index (χ4n) is 2.99. The number of nitrogens with zero attached hydrogens (tertiary/aromatic N) is 3. The normalized spacial score (nSPS) is 23.1. The second-order valence-electron chi connectivity index (χ2n) is 5.98. The minimum absolute atomic E-state index is 0.561. The minimum Gasteiger partial charge on any atom is -0.356 e. The van der Waals surface area contributed by atoms with Crippen LogP contribution in [-0.4, -0.2) is 23.1 Å². The van der Waals surface area contributed by atoms with Crippen LogP contribution in [0, 0.1) is 12.8 Å². The van der Waals surface area contributed by atoms with Gasteiger partial charge in [-0.3, -0.25) is 0 Å². The van der Waals surface area contributed by atoms with Crippen molar-refractivity contribution in [3.63, 3.8) is 0 Å². The van der Waals surface area contributed by atoms with E-state index in [1.54, 1.807) is 0 Å². The molecule has 1 atom stereocenters. The molecule has 0 radical (unpaired) electrons. The van der Waals surface area contributed by atoms with Crippen molar-refractivity contribution in [1.82, 2.24) is 9.97 Å². The van der Waals surface area contributed by atoms with E-state index < -0.39 is 0 Å². The highest BCUT2D eigenvalue weighted by atomic mass is 35.5. The molecule has 1 aromatic heterocycles. The molecular formula is C15H22ClN3. The smallest absolute Gasteiger partial charge is 0.137 e. The molecular weight excluding hydrogens is 258 g/mol. The fraction of sp³-hybridized carbons (Fsp3) is 0.733. The largest absolute Gasteiger partial charge is 0.356 e. The predicted octanol–water partition coefficient (Wildman–Crippen LogP) is 3.94. The third kappa shape index (κ3) is 2.71. The van der Waals surface area contributed by atoms with E-state index in [9.17, 15) is 0 Å². The summed E-state index contributed by atoms with van der Waals surface area (Å²) >= 11 is 6.29. The summed E-state index contributed by atoms with van der Waals surface area (Å²) in [6.45, 7) is 6.55. The summed E-state index contributed by atoms with van der Waals surface area (Å²) in [7, 11) is 0. The molecule has 3 rings (SSSR count). The molecule has 2 aliphatic rings. The predicted molar refractivity (Wildman–Crippen MR) is 79.0 cm³/mol. The molecule has 1 aliphatic carbocycles. The Morgan fingerprint density at radius 1 is 1.26 bits per heavy atom. The molecule has 0 aromatic carbocycles. The van der Waals surface area contributed by atoms with Crippen LogP contribution in [-0.2, 0) is 0 Å². The van der Waals surface area contributed by atoms with Gasteiger partial charge in [-0.15, -0.1) is 0 Å². The quantitative estimate of drug-likeness (QED) is 0.782. The Balaban J connectivity index is 1.83. The van der Waals surface area contributed by atoms with Crippen molar-refractivity contribution >= 4 is 17.4 Å². The average Bonchev–Trinajstić information content (AvgIpc) is 3.14. The molecule has 1 saturated carbocycles. The molecule has 4 heteroatoms. The summed E-state index contributed by atoms with van der Waals surface area (Å²) in [5.74, 6) is 3.43. The lowest BCUT2D eigenvalue weighted by Crippen LogP contribution is -2.23. The third-order valence-corrected chi connectivity index (χ3v) is 4.67. The standard InChI is InChI=1S/C15H22ClN3/c1-3-4-11-7-8-19(9-11)15-10(2)13(16)17-14(18-15)12-5-6-12/h11-12H,3-9H2,1-2H3. The Morgan fingerprint density at radius 2 is 2.05 bits per heavy atom. The molecule has 1 aromatic rings. The van der Waals surface area contributed by atoms with Crippen molar-refractivity contribution in [2.24, 2.45) is 5.92 Å². The molecule has 0 spiro atoms. The van der Waals surface area contributed by atoms with E-state index in [-0.39, 0.29) is 0 Å². The summed E-state index contributed by atoms with van der Waals surface area (Å²) in [5.41, 5.74) is 1.04. The molecule has 19 heavy (non-hydrogen) atoms. The Morgan fingerprint density at radius 3 is 2.74 bits per heavy atom. The summed E-state index contributed by atoms with van der Waals surface area (Å²) in [5, 5.41) is 0.644. The van der Waals surface area contributed by atoms with E-state index in [0.29, 0.717) is 11.1 Å². The molecule has 0 amide bonds. The van der Waals surface area contributed by atoms with Gasteiger partial charge in [0.15, 0.2) is 0 Å². The molecule has 1 saturated heterocycles. The highest BCUT2D eigenvalue weighted by molar-refractivity contribution is 6.30. The van der Waals surface area contributed by atoms with Crippen LogP contribution >= 0.6 is 11.6 Å². The first-order valence-corrected chi connectivity index (χ1v) is 7.85. The van der Waals surface area contributed by atoms with Gasteiger partial charge in [-0.1, -0.05) is 24.9 Å². The molecule has 0 N–H and O–H groups in total. The van der Waals surface area contributed by atoms with Crippen LogP contribution in [0.4, 0.5) is 5.82 Å². The zero-order valence-electron chi connectivity index (χ0n) is 11.8. The first-order valence-electron chi connectivity index (χ1n) is 7.48. The Labute approximate surface area is 120 Å². The van der Waals surface area contributed by atoms with Gasteiger partial charge in [0.25, 0.3) is 0 Å². The summed E-state index contributed by atoms with van der Waals surface area (Å²) in [6, 6.07) is 0. The second kappa shape index (κ2) is 5.28. The van der Waals surface area contributed by atoms with Gasteiger partial charge < -0.3 is 4.90 Å². The van der Waals surface area contributed by atoms with E-state index >= 15 is 0 Å². The van der Waals surface area contributed by atoms with Crippen molar-refractivity contribution in [3.8, 4) is 0 Å². The van der Waals surface area contributed by atoms with Crippen molar-refractivity contribution in [3.05, 3.63) is 16.5 Å². The van der Waals surface area contributed by atoms with E-state index in [1.165, 1.54) is 32.1 Å². The van der Waals surface area contributed by atoms with Gasteiger partial charge >= 0.3 is 0 Å². The van der Waals surface area contributed by atoms with Crippen molar-refractivity contribution in [1.29, 1.82) is 0 Å². The topological polar surface area (TPSA) is 29.0 Å². The molecule has 2 fully saturated rings. The number of hydrogen-bond donors (Lipinski definition) is 0. The maximum atomic E-state index is 6.29. The SMILES string of the molecule is CCCC1CCN(c2nc(C3CC3)nc(Cl)c2C)C1. The van der Waals surface area contributed by atoms with E-state index in [4.69, 9.17) is 16.6 Å². The monoisotopic (exact) mass is 279 g/mol. The zero-order valence-corrected chi connectivity index (χ0v) is 12.6. The van der Waals surface area contributed by atoms with Gasteiger partial charge in [-0.25, -0.2) is 9.97 Å². The minimum atomic E-state index is 0.561. The molecule has 0 bridgehead atoms. The maximum absolute atomic E-state index is 6.29. The van der Waals surface area contributed by atoms with E-state index in [2.05, 4.69) is 16.8 Å². The van der Waals surface area contributed by atoms with Crippen LogP contribution in [0.25, 0.3) is 0 Å². The van der Waals surface area contributed by atoms with Crippen LogP contribution in [0.2, 0.25) is 5.15 Å². The zero-order chi connectivity index (χ0) is 13.4.